The maximum atomic E-state index is 12.2. The number of sulfonamides is 1. The number of aliphatic imine (C=N–C) groups is 1. The zero-order chi connectivity index (χ0) is 24.0. The van der Waals surface area contributed by atoms with E-state index in [4.69, 9.17) is 0 Å². The molecule has 2 aliphatic heterocycles. The van der Waals surface area contributed by atoms with Crippen LogP contribution in [0.2, 0.25) is 0 Å². The minimum atomic E-state index is -3.33. The quantitative estimate of drug-likeness (QED) is 0.518. The van der Waals surface area contributed by atoms with Gasteiger partial charge in [0.2, 0.25) is 10.0 Å². The Bertz CT molecular complexity index is 1100. The minimum Gasteiger partial charge on any atom is -0.297 e. The van der Waals surface area contributed by atoms with Gasteiger partial charge in [0.1, 0.15) is 0 Å². The van der Waals surface area contributed by atoms with Crippen molar-refractivity contribution in [1.82, 2.24) is 9.88 Å². The highest BCUT2D eigenvalue weighted by Crippen LogP contribution is 2.30. The Morgan fingerprint density at radius 2 is 1.94 bits per heavy atom. The van der Waals surface area contributed by atoms with Crippen molar-refractivity contribution in [2.45, 2.75) is 57.1 Å². The average Bonchev–Trinajstić information content (AvgIpc) is 3.27. The second-order valence-electron chi connectivity index (χ2n) is 9.69. The third-order valence-corrected chi connectivity index (χ3v) is 8.51. The van der Waals surface area contributed by atoms with Crippen LogP contribution in [0.1, 0.15) is 56.7 Å². The van der Waals surface area contributed by atoms with Crippen LogP contribution >= 0.6 is 0 Å². The minimum absolute atomic E-state index is 0.439. The third-order valence-electron chi connectivity index (χ3n) is 6.75. The van der Waals surface area contributed by atoms with Crippen molar-refractivity contribution in [2.75, 3.05) is 24.4 Å². The number of aromatic nitrogens is 1. The van der Waals surface area contributed by atoms with E-state index in [-0.39, 0.29) is 0 Å². The summed E-state index contributed by atoms with van der Waals surface area (Å²) in [5.74, 6) is 0.897. The van der Waals surface area contributed by atoms with Crippen LogP contribution in [-0.4, -0.2) is 49.4 Å². The summed E-state index contributed by atoms with van der Waals surface area (Å²) in [5.41, 5.74) is 4.22. The van der Waals surface area contributed by atoms with Gasteiger partial charge in [-0.25, -0.2) is 8.42 Å². The first-order valence-electron chi connectivity index (χ1n) is 12.4. The molecule has 34 heavy (non-hydrogen) atoms. The van der Waals surface area contributed by atoms with Gasteiger partial charge in [-0.1, -0.05) is 24.3 Å². The van der Waals surface area contributed by atoms with E-state index in [9.17, 15) is 8.42 Å². The molecule has 1 aromatic heterocycles. The van der Waals surface area contributed by atoms with Crippen LogP contribution in [-0.2, 0) is 16.4 Å². The number of rotatable bonds is 10. The van der Waals surface area contributed by atoms with Gasteiger partial charge in [0.05, 0.1) is 10.9 Å². The molecule has 0 saturated carbocycles. The Balaban J connectivity index is 1.23. The van der Waals surface area contributed by atoms with Gasteiger partial charge >= 0.3 is 0 Å². The largest absolute Gasteiger partial charge is 0.297 e. The predicted molar refractivity (Wildman–Crippen MR) is 140 cm³/mol. The first kappa shape index (κ1) is 24.6. The van der Waals surface area contributed by atoms with Gasteiger partial charge in [-0.3, -0.25) is 19.6 Å². The third kappa shape index (κ3) is 6.76. The Labute approximate surface area is 204 Å². The number of likely N-dealkylation sites (tertiary alicyclic amines) is 1. The number of benzene rings is 1. The van der Waals surface area contributed by atoms with Gasteiger partial charge in [-0.05, 0) is 94.8 Å². The molecule has 182 valence electrons. The Hall–Kier alpha value is -2.51. The number of allylic oxidation sites excluding steroid dienone is 1. The lowest BCUT2D eigenvalue weighted by Gasteiger charge is -2.32. The maximum Gasteiger partial charge on any atom is 0.235 e. The molecule has 3 heterocycles. The summed E-state index contributed by atoms with van der Waals surface area (Å²) in [4.78, 5) is 11.6. The molecular weight excluding hydrogens is 444 g/mol. The van der Waals surface area contributed by atoms with Crippen LogP contribution in [0.3, 0.4) is 0 Å². The van der Waals surface area contributed by atoms with Crippen molar-refractivity contribution < 1.29 is 8.42 Å². The normalized spacial score (nSPS) is 19.5. The second-order valence-corrected chi connectivity index (χ2v) is 11.9. The average molecular weight is 481 g/mol. The molecule has 0 spiro atoms. The lowest BCUT2D eigenvalue weighted by atomic mass is 9.89. The Morgan fingerprint density at radius 1 is 1.12 bits per heavy atom. The fourth-order valence-corrected chi connectivity index (χ4v) is 5.32. The van der Waals surface area contributed by atoms with Gasteiger partial charge in [0.25, 0.3) is 0 Å². The van der Waals surface area contributed by atoms with Gasteiger partial charge in [-0.2, -0.15) is 0 Å². The SMILES string of the molecule is CC(C)S(=O)(=O)Nc1cccc(C2CCN(CC3=CC(CCCc4ccccn4)C=N3)CC2)c1. The van der Waals surface area contributed by atoms with Gasteiger partial charge in [0, 0.05) is 36.3 Å². The molecule has 1 N–H and O–H groups in total. The number of pyridine rings is 1. The molecule has 1 aromatic carbocycles. The summed E-state index contributed by atoms with van der Waals surface area (Å²) in [7, 11) is -3.33. The Kier molecular flexibility index (Phi) is 8.16. The summed E-state index contributed by atoms with van der Waals surface area (Å²) in [6, 6.07) is 14.0. The van der Waals surface area contributed by atoms with E-state index in [1.807, 2.05) is 36.5 Å². The molecule has 1 fully saturated rings. The smallest absolute Gasteiger partial charge is 0.235 e. The molecule has 0 radical (unpaired) electrons. The first-order valence-corrected chi connectivity index (χ1v) is 13.9. The standard InChI is InChI=1S/C27H36N4O2S/c1-21(2)34(32,33)30-26-11-6-8-24(18-26)23-12-15-31(16-13-23)20-27-17-22(19-29-27)7-5-10-25-9-3-4-14-28-25/h3-4,6,8-9,11,14,17-19,21-23,30H,5,7,10,12-13,15-16,20H2,1-2H3. The van der Waals surface area contributed by atoms with E-state index < -0.39 is 15.3 Å². The molecule has 0 amide bonds. The highest BCUT2D eigenvalue weighted by molar-refractivity contribution is 7.93. The van der Waals surface area contributed by atoms with E-state index in [0.717, 1.165) is 57.4 Å². The molecule has 6 nitrogen and oxygen atoms in total. The molecule has 0 aliphatic carbocycles. The maximum absolute atomic E-state index is 12.2. The van der Waals surface area contributed by atoms with Crippen LogP contribution in [0.4, 0.5) is 5.69 Å². The summed E-state index contributed by atoms with van der Waals surface area (Å²) >= 11 is 0. The number of anilines is 1. The zero-order valence-electron chi connectivity index (χ0n) is 20.2. The molecule has 2 aliphatic rings. The summed E-state index contributed by atoms with van der Waals surface area (Å²) < 4.78 is 27.1. The second kappa shape index (κ2) is 11.3. The topological polar surface area (TPSA) is 74.7 Å². The molecule has 1 unspecified atom stereocenters. The van der Waals surface area contributed by atoms with E-state index in [1.54, 1.807) is 13.8 Å². The lowest BCUT2D eigenvalue weighted by Crippen LogP contribution is -2.34. The molecule has 1 saturated heterocycles. The number of hydrogen-bond donors (Lipinski definition) is 1. The monoisotopic (exact) mass is 480 g/mol. The highest BCUT2D eigenvalue weighted by atomic mass is 32.2. The fourth-order valence-electron chi connectivity index (χ4n) is 4.63. The molecule has 2 aromatic rings. The summed E-state index contributed by atoms with van der Waals surface area (Å²) in [6.07, 6.45) is 11.7. The highest BCUT2D eigenvalue weighted by Gasteiger charge is 2.23. The molecule has 7 heteroatoms. The molecule has 4 rings (SSSR count). The van der Waals surface area contributed by atoms with E-state index in [0.29, 0.717) is 17.5 Å². The van der Waals surface area contributed by atoms with Crippen LogP contribution in [0.25, 0.3) is 0 Å². The summed E-state index contributed by atoms with van der Waals surface area (Å²) in [6.45, 7) is 6.36. The predicted octanol–water partition coefficient (Wildman–Crippen LogP) is 5.02. The molecule has 1 atom stereocenters. The summed E-state index contributed by atoms with van der Waals surface area (Å²) in [5, 5.41) is -0.451. The number of aryl methyl sites for hydroxylation is 1. The molecule has 0 bridgehead atoms. The molecular formula is C27H36N4O2S. The van der Waals surface area contributed by atoms with E-state index in [2.05, 4.69) is 44.0 Å². The van der Waals surface area contributed by atoms with Crippen molar-refractivity contribution in [3.05, 3.63) is 71.7 Å². The van der Waals surface area contributed by atoms with Crippen molar-refractivity contribution in [3.63, 3.8) is 0 Å². The lowest BCUT2D eigenvalue weighted by molar-refractivity contribution is 0.228. The van der Waals surface area contributed by atoms with Crippen LogP contribution in [0.5, 0.6) is 0 Å². The van der Waals surface area contributed by atoms with Crippen molar-refractivity contribution in [3.8, 4) is 0 Å². The van der Waals surface area contributed by atoms with Crippen molar-refractivity contribution >= 4 is 21.9 Å². The first-order chi connectivity index (χ1) is 16.4. The number of hydrogen-bond acceptors (Lipinski definition) is 5. The van der Waals surface area contributed by atoms with Crippen LogP contribution < -0.4 is 4.72 Å². The van der Waals surface area contributed by atoms with E-state index >= 15 is 0 Å². The number of nitrogens with one attached hydrogen (secondary N) is 1. The fraction of sp³-hybridized carbons (Fsp3) is 0.481. The van der Waals surface area contributed by atoms with Gasteiger partial charge < -0.3 is 0 Å². The zero-order valence-corrected chi connectivity index (χ0v) is 21.0. The van der Waals surface area contributed by atoms with Crippen molar-refractivity contribution in [1.29, 1.82) is 0 Å². The van der Waals surface area contributed by atoms with Crippen LogP contribution in [0.15, 0.2) is 65.4 Å². The Morgan fingerprint density at radius 3 is 2.68 bits per heavy atom. The van der Waals surface area contributed by atoms with Crippen molar-refractivity contribution in [2.24, 2.45) is 10.9 Å². The van der Waals surface area contributed by atoms with E-state index in [1.165, 1.54) is 11.3 Å². The number of nitrogens with zero attached hydrogens (tertiary/aromatic N) is 3. The van der Waals surface area contributed by atoms with Gasteiger partial charge in [0.15, 0.2) is 0 Å². The number of piperidine rings is 1. The van der Waals surface area contributed by atoms with Crippen LogP contribution in [0, 0.1) is 5.92 Å². The van der Waals surface area contributed by atoms with Gasteiger partial charge in [-0.15, -0.1) is 0 Å².